The SMILES string of the molecule is Cc1c(F)cc(C#N)cc1NC(=O)c1ccc(CBr)cc1. The zero-order valence-corrected chi connectivity index (χ0v) is 12.9. The lowest BCUT2D eigenvalue weighted by Gasteiger charge is -2.10. The van der Waals surface area contributed by atoms with E-state index in [9.17, 15) is 9.18 Å². The summed E-state index contributed by atoms with van der Waals surface area (Å²) >= 11 is 3.33. The number of hydrogen-bond acceptors (Lipinski definition) is 2. The van der Waals surface area contributed by atoms with Crippen molar-refractivity contribution in [2.24, 2.45) is 0 Å². The number of nitrogens with zero attached hydrogens (tertiary/aromatic N) is 1. The van der Waals surface area contributed by atoms with Crippen molar-refractivity contribution in [3.63, 3.8) is 0 Å². The summed E-state index contributed by atoms with van der Waals surface area (Å²) in [6, 6.07) is 11.5. The van der Waals surface area contributed by atoms with Gasteiger partial charge in [0.25, 0.3) is 5.91 Å². The molecule has 0 atom stereocenters. The van der Waals surface area contributed by atoms with Crippen molar-refractivity contribution in [1.82, 2.24) is 0 Å². The van der Waals surface area contributed by atoms with Crippen molar-refractivity contribution < 1.29 is 9.18 Å². The number of carbonyl (C=O) groups is 1. The zero-order chi connectivity index (χ0) is 15.4. The molecule has 21 heavy (non-hydrogen) atoms. The summed E-state index contributed by atoms with van der Waals surface area (Å²) < 4.78 is 13.7. The monoisotopic (exact) mass is 346 g/mol. The Kier molecular flexibility index (Phi) is 4.71. The van der Waals surface area contributed by atoms with Crippen LogP contribution in [-0.2, 0) is 5.33 Å². The van der Waals surface area contributed by atoms with Crippen molar-refractivity contribution in [1.29, 1.82) is 5.26 Å². The molecule has 0 heterocycles. The molecule has 0 aromatic heterocycles. The Morgan fingerprint density at radius 1 is 1.33 bits per heavy atom. The molecule has 0 aliphatic carbocycles. The molecule has 0 saturated heterocycles. The Morgan fingerprint density at radius 3 is 2.57 bits per heavy atom. The van der Waals surface area contributed by atoms with Crippen LogP contribution in [0.25, 0.3) is 0 Å². The number of halogens is 2. The van der Waals surface area contributed by atoms with Crippen molar-refractivity contribution in [3.05, 3.63) is 64.5 Å². The average Bonchev–Trinajstić information content (AvgIpc) is 2.51. The number of alkyl halides is 1. The highest BCUT2D eigenvalue weighted by Gasteiger charge is 2.11. The van der Waals surface area contributed by atoms with Gasteiger partial charge in [0.15, 0.2) is 0 Å². The summed E-state index contributed by atoms with van der Waals surface area (Å²) in [7, 11) is 0. The molecule has 1 N–H and O–H groups in total. The van der Waals surface area contributed by atoms with E-state index in [1.807, 2.05) is 18.2 Å². The second kappa shape index (κ2) is 6.51. The van der Waals surface area contributed by atoms with Gasteiger partial charge in [-0.1, -0.05) is 28.1 Å². The maximum atomic E-state index is 13.7. The molecule has 0 bridgehead atoms. The number of rotatable bonds is 3. The first-order valence-electron chi connectivity index (χ1n) is 6.21. The predicted molar refractivity (Wildman–Crippen MR) is 82.9 cm³/mol. The molecule has 3 nitrogen and oxygen atoms in total. The van der Waals surface area contributed by atoms with E-state index in [0.29, 0.717) is 22.1 Å². The van der Waals surface area contributed by atoms with Gasteiger partial charge in [0, 0.05) is 22.1 Å². The molecule has 0 fully saturated rings. The quantitative estimate of drug-likeness (QED) is 0.848. The summed E-state index contributed by atoms with van der Waals surface area (Å²) in [6.07, 6.45) is 0. The van der Waals surface area contributed by atoms with E-state index in [4.69, 9.17) is 5.26 Å². The number of anilines is 1. The van der Waals surface area contributed by atoms with Crippen molar-refractivity contribution in [3.8, 4) is 6.07 Å². The summed E-state index contributed by atoms with van der Waals surface area (Å²) in [5.41, 5.74) is 2.31. The molecule has 2 rings (SSSR count). The highest BCUT2D eigenvalue weighted by atomic mass is 79.9. The Bertz CT molecular complexity index is 720. The van der Waals surface area contributed by atoms with Gasteiger partial charge in [0.05, 0.1) is 11.6 Å². The lowest BCUT2D eigenvalue weighted by atomic mass is 10.1. The van der Waals surface area contributed by atoms with E-state index in [-0.39, 0.29) is 11.5 Å². The minimum atomic E-state index is -0.515. The molecule has 0 radical (unpaired) electrons. The van der Waals surface area contributed by atoms with Gasteiger partial charge >= 0.3 is 0 Å². The van der Waals surface area contributed by atoms with Crippen molar-refractivity contribution >= 4 is 27.5 Å². The van der Waals surface area contributed by atoms with Crippen molar-refractivity contribution in [2.45, 2.75) is 12.3 Å². The van der Waals surface area contributed by atoms with Crippen LogP contribution in [-0.4, -0.2) is 5.91 Å². The Morgan fingerprint density at radius 2 is 2.00 bits per heavy atom. The number of amides is 1. The van der Waals surface area contributed by atoms with E-state index >= 15 is 0 Å². The first-order chi connectivity index (χ1) is 10.0. The van der Waals surface area contributed by atoms with E-state index in [0.717, 1.165) is 11.6 Å². The van der Waals surface area contributed by atoms with Gasteiger partial charge in [0.1, 0.15) is 5.82 Å². The highest BCUT2D eigenvalue weighted by Crippen LogP contribution is 2.21. The third-order valence-corrected chi connectivity index (χ3v) is 3.74. The van der Waals surface area contributed by atoms with Gasteiger partial charge in [-0.15, -0.1) is 0 Å². The van der Waals surface area contributed by atoms with Crippen molar-refractivity contribution in [2.75, 3.05) is 5.32 Å². The maximum Gasteiger partial charge on any atom is 0.255 e. The maximum absolute atomic E-state index is 13.7. The lowest BCUT2D eigenvalue weighted by Crippen LogP contribution is -2.13. The predicted octanol–water partition coefficient (Wildman–Crippen LogP) is 4.15. The fourth-order valence-corrected chi connectivity index (χ4v) is 2.19. The summed E-state index contributed by atoms with van der Waals surface area (Å²) in [6.45, 7) is 1.56. The standard InChI is InChI=1S/C16H12BrFN2O/c1-10-14(18)6-12(9-19)7-15(10)20-16(21)13-4-2-11(8-17)3-5-13/h2-7H,8H2,1H3,(H,20,21). The van der Waals surface area contributed by atoms with Gasteiger partial charge < -0.3 is 5.32 Å². The van der Waals surface area contributed by atoms with Gasteiger partial charge in [0.2, 0.25) is 0 Å². The van der Waals surface area contributed by atoms with Gasteiger partial charge in [-0.2, -0.15) is 5.26 Å². The molecular formula is C16H12BrFN2O. The van der Waals surface area contributed by atoms with Crippen LogP contribution < -0.4 is 5.32 Å². The van der Waals surface area contributed by atoms with Crippen LogP contribution in [0.15, 0.2) is 36.4 Å². The number of nitriles is 1. The lowest BCUT2D eigenvalue weighted by molar-refractivity contribution is 0.102. The molecule has 0 aliphatic rings. The summed E-state index contributed by atoms with van der Waals surface area (Å²) in [5, 5.41) is 12.2. The Balaban J connectivity index is 2.27. The van der Waals surface area contributed by atoms with Crippen LogP contribution >= 0.6 is 15.9 Å². The molecule has 0 aliphatic heterocycles. The van der Waals surface area contributed by atoms with Crippen LogP contribution in [0.3, 0.4) is 0 Å². The minimum Gasteiger partial charge on any atom is -0.322 e. The number of carbonyl (C=O) groups excluding carboxylic acids is 1. The molecule has 0 saturated carbocycles. The second-order valence-electron chi connectivity index (χ2n) is 4.53. The largest absolute Gasteiger partial charge is 0.322 e. The third kappa shape index (κ3) is 3.47. The van der Waals surface area contributed by atoms with E-state index in [1.54, 1.807) is 19.1 Å². The zero-order valence-electron chi connectivity index (χ0n) is 11.3. The first kappa shape index (κ1) is 15.2. The first-order valence-corrected chi connectivity index (χ1v) is 7.34. The molecule has 106 valence electrons. The minimum absolute atomic E-state index is 0.169. The van der Waals surface area contributed by atoms with Gasteiger partial charge in [-0.25, -0.2) is 4.39 Å². The second-order valence-corrected chi connectivity index (χ2v) is 5.09. The van der Waals surface area contributed by atoms with Crippen LogP contribution in [0.4, 0.5) is 10.1 Å². The molecule has 0 unspecified atom stereocenters. The summed E-state index contributed by atoms with van der Waals surface area (Å²) in [5.74, 6) is -0.854. The van der Waals surface area contributed by atoms with Gasteiger partial charge in [-0.3, -0.25) is 4.79 Å². The summed E-state index contributed by atoms with van der Waals surface area (Å²) in [4.78, 5) is 12.1. The van der Waals surface area contributed by atoms with Crippen LogP contribution in [0.1, 0.15) is 27.0 Å². The van der Waals surface area contributed by atoms with E-state index in [2.05, 4.69) is 21.2 Å². The third-order valence-electron chi connectivity index (χ3n) is 3.09. The van der Waals surface area contributed by atoms with Gasteiger partial charge in [-0.05, 0) is 36.8 Å². The highest BCUT2D eigenvalue weighted by molar-refractivity contribution is 9.08. The molecular weight excluding hydrogens is 335 g/mol. The van der Waals surface area contributed by atoms with Crippen LogP contribution in [0, 0.1) is 24.1 Å². The van der Waals surface area contributed by atoms with E-state index < -0.39 is 5.82 Å². The number of benzene rings is 2. The topological polar surface area (TPSA) is 52.9 Å². The average molecular weight is 347 g/mol. The van der Waals surface area contributed by atoms with E-state index in [1.165, 1.54) is 6.07 Å². The molecule has 0 spiro atoms. The number of hydrogen-bond donors (Lipinski definition) is 1. The molecule has 2 aromatic carbocycles. The molecule has 2 aromatic rings. The van der Waals surface area contributed by atoms with Crippen LogP contribution in [0.2, 0.25) is 0 Å². The molecule has 1 amide bonds. The Labute approximate surface area is 130 Å². The smallest absolute Gasteiger partial charge is 0.255 e. The molecule has 5 heteroatoms. The fourth-order valence-electron chi connectivity index (χ4n) is 1.81. The van der Waals surface area contributed by atoms with Crippen LogP contribution in [0.5, 0.6) is 0 Å². The normalized spacial score (nSPS) is 10.0. The Hall–Kier alpha value is -2.19. The number of nitrogens with one attached hydrogen (secondary N) is 1. The fraction of sp³-hybridized carbons (Fsp3) is 0.125.